The van der Waals surface area contributed by atoms with Crippen LogP contribution in [0, 0.1) is 25.2 Å². The number of rotatable bonds is 7. The quantitative estimate of drug-likeness (QED) is 0.421. The molecule has 0 aliphatic rings. The summed E-state index contributed by atoms with van der Waals surface area (Å²) >= 11 is 3.04. The highest BCUT2D eigenvalue weighted by Crippen LogP contribution is 2.33. The van der Waals surface area contributed by atoms with Gasteiger partial charge in [0, 0.05) is 22.8 Å². The van der Waals surface area contributed by atoms with Gasteiger partial charge in [0.15, 0.2) is 10.1 Å². The lowest BCUT2D eigenvalue weighted by atomic mass is 10.1. The molecule has 1 aromatic carbocycles. The van der Waals surface area contributed by atoms with Crippen LogP contribution in [0.1, 0.15) is 33.2 Å². The predicted octanol–water partition coefficient (Wildman–Crippen LogP) is 4.56. The normalized spacial score (nSPS) is 11.0. The van der Waals surface area contributed by atoms with Crippen LogP contribution in [0.15, 0.2) is 39.1 Å². The number of nitrogens with zero attached hydrogens (tertiary/aromatic N) is 5. The number of thioether (sulfide) groups is 1. The summed E-state index contributed by atoms with van der Waals surface area (Å²) in [5.41, 5.74) is 2.22. The molecule has 3 heterocycles. The number of aromatic nitrogens is 4. The van der Waals surface area contributed by atoms with E-state index in [1.54, 1.807) is 10.7 Å². The molecule has 10 heteroatoms. The van der Waals surface area contributed by atoms with E-state index >= 15 is 0 Å². The van der Waals surface area contributed by atoms with Crippen LogP contribution in [0.25, 0.3) is 11.0 Å². The lowest BCUT2D eigenvalue weighted by Crippen LogP contribution is -2.16. The number of para-hydroxylation sites is 1. The highest BCUT2D eigenvalue weighted by molar-refractivity contribution is 8.00. The van der Waals surface area contributed by atoms with Crippen LogP contribution in [-0.4, -0.2) is 25.9 Å². The summed E-state index contributed by atoms with van der Waals surface area (Å²) in [4.78, 5) is 13.1. The van der Waals surface area contributed by atoms with Crippen LogP contribution in [0.5, 0.6) is 0 Å². The fourth-order valence-electron chi connectivity index (χ4n) is 3.04. The first-order valence-electron chi connectivity index (χ1n) is 9.21. The number of carbonyl (C=O) groups is 1. The van der Waals surface area contributed by atoms with Crippen molar-refractivity contribution in [1.82, 2.24) is 20.0 Å². The molecule has 0 fully saturated rings. The molecule has 0 atom stereocenters. The van der Waals surface area contributed by atoms with Gasteiger partial charge in [-0.3, -0.25) is 4.79 Å². The van der Waals surface area contributed by atoms with Gasteiger partial charge in [0.2, 0.25) is 0 Å². The van der Waals surface area contributed by atoms with E-state index in [9.17, 15) is 4.79 Å². The molecular formula is C20H18N6O2S2. The van der Waals surface area contributed by atoms with Crippen molar-refractivity contribution in [1.29, 1.82) is 5.26 Å². The van der Waals surface area contributed by atoms with Crippen LogP contribution in [0.4, 0.5) is 5.82 Å². The molecule has 0 aliphatic heterocycles. The Balaban J connectivity index is 1.63. The predicted molar refractivity (Wildman–Crippen MR) is 116 cm³/mol. The second-order valence-corrected chi connectivity index (χ2v) is 8.94. The Kier molecular flexibility index (Phi) is 5.83. The summed E-state index contributed by atoms with van der Waals surface area (Å²) < 4.78 is 8.38. The topological polar surface area (TPSA) is 110 Å². The van der Waals surface area contributed by atoms with Gasteiger partial charge in [0.25, 0.3) is 5.91 Å². The van der Waals surface area contributed by atoms with Gasteiger partial charge in [-0.25, -0.2) is 4.68 Å². The van der Waals surface area contributed by atoms with Crippen molar-refractivity contribution < 1.29 is 9.21 Å². The second kappa shape index (κ2) is 8.69. The summed E-state index contributed by atoms with van der Waals surface area (Å²) in [5.74, 6) is 0.969. The SMILES string of the molecule is Cc1cc(NC(=O)c2oc3ccccc3c2CSc2nnc(C)s2)n(CCC#N)n1. The van der Waals surface area contributed by atoms with Crippen molar-refractivity contribution in [3.05, 3.63) is 52.4 Å². The molecule has 4 rings (SSSR count). The highest BCUT2D eigenvalue weighted by Gasteiger charge is 2.22. The van der Waals surface area contributed by atoms with Crippen molar-refractivity contribution in [2.24, 2.45) is 0 Å². The highest BCUT2D eigenvalue weighted by atomic mass is 32.2. The minimum Gasteiger partial charge on any atom is -0.451 e. The van der Waals surface area contributed by atoms with Crippen LogP contribution in [-0.2, 0) is 12.3 Å². The fraction of sp³-hybridized carbons (Fsp3) is 0.250. The monoisotopic (exact) mass is 438 g/mol. The zero-order chi connectivity index (χ0) is 21.1. The molecule has 1 amide bonds. The maximum atomic E-state index is 13.1. The molecule has 0 saturated carbocycles. The number of anilines is 1. The average Bonchev–Trinajstić information content (AvgIpc) is 3.41. The van der Waals surface area contributed by atoms with E-state index < -0.39 is 0 Å². The third-order valence-corrected chi connectivity index (χ3v) is 6.33. The molecule has 8 nitrogen and oxygen atoms in total. The zero-order valence-corrected chi connectivity index (χ0v) is 18.0. The third kappa shape index (κ3) is 4.22. The molecule has 3 aromatic heterocycles. The van der Waals surface area contributed by atoms with E-state index in [0.717, 1.165) is 26.0 Å². The lowest BCUT2D eigenvalue weighted by Gasteiger charge is -2.07. The van der Waals surface area contributed by atoms with Gasteiger partial charge in [-0.2, -0.15) is 10.4 Å². The number of nitrogens with one attached hydrogen (secondary N) is 1. The van der Waals surface area contributed by atoms with E-state index in [2.05, 4.69) is 26.7 Å². The number of hydrogen-bond acceptors (Lipinski definition) is 8. The van der Waals surface area contributed by atoms with Gasteiger partial charge < -0.3 is 9.73 Å². The van der Waals surface area contributed by atoms with Crippen LogP contribution >= 0.6 is 23.1 Å². The van der Waals surface area contributed by atoms with E-state index in [1.165, 1.54) is 23.1 Å². The van der Waals surface area contributed by atoms with Gasteiger partial charge in [-0.1, -0.05) is 41.3 Å². The molecule has 4 aromatic rings. The molecule has 30 heavy (non-hydrogen) atoms. The summed E-state index contributed by atoms with van der Waals surface area (Å²) in [6.07, 6.45) is 0.303. The van der Waals surface area contributed by atoms with E-state index in [0.29, 0.717) is 30.1 Å². The van der Waals surface area contributed by atoms with Crippen molar-refractivity contribution in [2.45, 2.75) is 36.9 Å². The molecule has 0 radical (unpaired) electrons. The summed E-state index contributed by atoms with van der Waals surface area (Å²) in [6.45, 7) is 4.15. The van der Waals surface area contributed by atoms with Crippen LogP contribution in [0.3, 0.4) is 0 Å². The molecular weight excluding hydrogens is 420 g/mol. The number of benzene rings is 1. The maximum Gasteiger partial charge on any atom is 0.292 e. The van der Waals surface area contributed by atoms with Gasteiger partial charge in [0.05, 0.1) is 24.7 Å². The number of aryl methyl sites for hydroxylation is 3. The van der Waals surface area contributed by atoms with E-state index in [1.807, 2.05) is 38.1 Å². The van der Waals surface area contributed by atoms with Gasteiger partial charge in [-0.05, 0) is 19.9 Å². The van der Waals surface area contributed by atoms with Crippen LogP contribution < -0.4 is 5.32 Å². The minimum absolute atomic E-state index is 0.260. The standard InChI is InChI=1S/C20H18N6O2S2/c1-12-10-17(26(25-12)9-5-8-21)22-19(27)18-15(11-29-20-24-23-13(2)30-20)14-6-3-4-7-16(14)28-18/h3-4,6-7,10H,5,9,11H2,1-2H3,(H,22,27). The Morgan fingerprint density at radius 3 is 2.93 bits per heavy atom. The molecule has 0 spiro atoms. The Labute approximate surface area is 180 Å². The summed E-state index contributed by atoms with van der Waals surface area (Å²) in [6, 6.07) is 11.4. The third-order valence-electron chi connectivity index (χ3n) is 4.33. The molecule has 1 N–H and O–H groups in total. The van der Waals surface area contributed by atoms with Crippen molar-refractivity contribution in [2.75, 3.05) is 5.32 Å². The number of fused-ring (bicyclic) bond motifs is 1. The first-order valence-corrected chi connectivity index (χ1v) is 11.0. The zero-order valence-electron chi connectivity index (χ0n) is 16.4. The van der Waals surface area contributed by atoms with E-state index in [-0.39, 0.29) is 11.7 Å². The summed E-state index contributed by atoms with van der Waals surface area (Å²) in [5, 5.41) is 26.1. The first kappa shape index (κ1) is 20.1. The number of furan rings is 1. The van der Waals surface area contributed by atoms with Gasteiger partial charge in [0.1, 0.15) is 16.4 Å². The molecule has 0 saturated heterocycles. The maximum absolute atomic E-state index is 13.1. The Bertz CT molecular complexity index is 1250. The number of carbonyl (C=O) groups excluding carboxylic acids is 1. The number of hydrogen-bond donors (Lipinski definition) is 1. The van der Waals surface area contributed by atoms with Crippen molar-refractivity contribution in [3.8, 4) is 6.07 Å². The molecule has 0 aliphatic carbocycles. The number of amides is 1. The van der Waals surface area contributed by atoms with Crippen LogP contribution in [0.2, 0.25) is 0 Å². The molecule has 152 valence electrons. The Morgan fingerprint density at radius 1 is 1.33 bits per heavy atom. The molecule has 0 unspecified atom stereocenters. The van der Waals surface area contributed by atoms with Gasteiger partial charge >= 0.3 is 0 Å². The van der Waals surface area contributed by atoms with E-state index in [4.69, 9.17) is 9.68 Å². The largest absolute Gasteiger partial charge is 0.451 e. The van der Waals surface area contributed by atoms with Gasteiger partial charge in [-0.15, -0.1) is 10.2 Å². The average molecular weight is 439 g/mol. The van der Waals surface area contributed by atoms with Crippen molar-refractivity contribution >= 4 is 45.8 Å². The summed E-state index contributed by atoms with van der Waals surface area (Å²) in [7, 11) is 0. The minimum atomic E-state index is -0.353. The smallest absolute Gasteiger partial charge is 0.292 e. The van der Waals surface area contributed by atoms with Crippen molar-refractivity contribution in [3.63, 3.8) is 0 Å². The Hall–Kier alpha value is -3.16. The second-order valence-electron chi connectivity index (χ2n) is 6.54. The number of nitriles is 1. The first-order chi connectivity index (χ1) is 14.5. The lowest BCUT2D eigenvalue weighted by molar-refractivity contribution is 0.0996. The Morgan fingerprint density at radius 2 is 2.17 bits per heavy atom. The molecule has 0 bridgehead atoms. The fourth-order valence-corrected chi connectivity index (χ4v) is 4.88.